The second kappa shape index (κ2) is 8.58. The summed E-state index contributed by atoms with van der Waals surface area (Å²) < 4.78 is 18.2. The van der Waals surface area contributed by atoms with E-state index in [2.05, 4.69) is 14.8 Å². The molecule has 2 rings (SSSR count). The number of anilines is 1. The molecule has 1 aromatic rings. The Balaban J connectivity index is 1.76. The maximum Gasteiger partial charge on any atom is 0.191 e. The number of aliphatic imine (C=N–C) groups is 1. The number of guanidine groups is 1. The molecule has 2 N–H and O–H groups in total. The molecule has 0 saturated carbocycles. The van der Waals surface area contributed by atoms with Gasteiger partial charge in [0.05, 0.1) is 0 Å². The van der Waals surface area contributed by atoms with E-state index in [1.165, 1.54) is 12.1 Å². The van der Waals surface area contributed by atoms with Crippen molar-refractivity contribution in [1.82, 2.24) is 4.90 Å². The second-order valence-electron chi connectivity index (χ2n) is 5.24. The molecule has 1 aliphatic rings. The number of ether oxygens (including phenoxy) is 1. The quantitative estimate of drug-likeness (QED) is 0.494. The first-order chi connectivity index (χ1) is 10.7. The Morgan fingerprint density at radius 1 is 1.23 bits per heavy atom. The summed E-state index contributed by atoms with van der Waals surface area (Å²) in [7, 11) is 0. The van der Waals surface area contributed by atoms with Gasteiger partial charge in [0, 0.05) is 51.6 Å². The second-order valence-corrected chi connectivity index (χ2v) is 5.24. The summed E-state index contributed by atoms with van der Waals surface area (Å²) >= 11 is 0. The summed E-state index contributed by atoms with van der Waals surface area (Å²) in [5.41, 5.74) is 7.08. The highest BCUT2D eigenvalue weighted by Gasteiger charge is 2.18. The van der Waals surface area contributed by atoms with Gasteiger partial charge in [-0.1, -0.05) is 0 Å². The van der Waals surface area contributed by atoms with Crippen LogP contribution in [-0.4, -0.2) is 56.8 Å². The van der Waals surface area contributed by atoms with Crippen molar-refractivity contribution in [3.8, 4) is 0 Å². The third-order valence-electron chi connectivity index (χ3n) is 3.72. The van der Waals surface area contributed by atoms with Crippen LogP contribution in [0.25, 0.3) is 0 Å². The molecule has 0 aromatic heterocycles. The van der Waals surface area contributed by atoms with E-state index in [9.17, 15) is 4.39 Å². The van der Waals surface area contributed by atoms with Crippen LogP contribution in [0.15, 0.2) is 29.3 Å². The van der Waals surface area contributed by atoms with Gasteiger partial charge in [0.25, 0.3) is 0 Å². The molecule has 22 heavy (non-hydrogen) atoms. The monoisotopic (exact) mass is 308 g/mol. The predicted octanol–water partition coefficient (Wildman–Crippen LogP) is 1.69. The summed E-state index contributed by atoms with van der Waals surface area (Å²) in [6.07, 6.45) is 0.893. The molecule has 5 nitrogen and oxygen atoms in total. The van der Waals surface area contributed by atoms with Gasteiger partial charge in [0.15, 0.2) is 5.96 Å². The topological polar surface area (TPSA) is 54.1 Å². The first kappa shape index (κ1) is 16.5. The Bertz CT molecular complexity index is 470. The summed E-state index contributed by atoms with van der Waals surface area (Å²) in [6, 6.07) is 6.62. The van der Waals surface area contributed by atoms with Gasteiger partial charge in [-0.2, -0.15) is 0 Å². The fourth-order valence-corrected chi connectivity index (χ4v) is 2.45. The lowest BCUT2D eigenvalue weighted by molar-refractivity contribution is 0.146. The molecular weight excluding hydrogens is 283 g/mol. The summed E-state index contributed by atoms with van der Waals surface area (Å²) in [6.45, 7) is 7.54. The predicted molar refractivity (Wildman–Crippen MR) is 87.8 cm³/mol. The molecule has 0 atom stereocenters. The Morgan fingerprint density at radius 3 is 2.55 bits per heavy atom. The molecule has 1 heterocycles. The highest BCUT2D eigenvalue weighted by Crippen LogP contribution is 2.16. The van der Waals surface area contributed by atoms with Crippen molar-refractivity contribution in [3.05, 3.63) is 30.1 Å². The molecule has 0 unspecified atom stereocenters. The summed E-state index contributed by atoms with van der Waals surface area (Å²) in [5.74, 6) is 0.404. The molecule has 0 spiro atoms. The van der Waals surface area contributed by atoms with Crippen LogP contribution < -0.4 is 10.6 Å². The number of hydrogen-bond acceptors (Lipinski definition) is 3. The van der Waals surface area contributed by atoms with Gasteiger partial charge in [-0.3, -0.25) is 4.99 Å². The molecule has 1 aliphatic heterocycles. The van der Waals surface area contributed by atoms with E-state index >= 15 is 0 Å². The normalized spacial score (nSPS) is 16.2. The number of benzene rings is 1. The Morgan fingerprint density at radius 2 is 1.91 bits per heavy atom. The van der Waals surface area contributed by atoms with E-state index < -0.39 is 0 Å². The average molecular weight is 308 g/mol. The lowest BCUT2D eigenvalue weighted by Gasteiger charge is -2.36. The van der Waals surface area contributed by atoms with E-state index in [0.717, 1.165) is 51.5 Å². The fraction of sp³-hybridized carbons (Fsp3) is 0.562. The minimum absolute atomic E-state index is 0.203. The van der Waals surface area contributed by atoms with E-state index in [1.54, 1.807) is 0 Å². The standard InChI is InChI=1S/C16H25FN4O/c1-2-22-13-3-8-19-16(18)21-11-9-20(10-12-21)15-6-4-14(17)5-7-15/h4-7H,2-3,8-13H2,1H3,(H2,18,19). The Kier molecular flexibility index (Phi) is 6.45. The molecule has 6 heteroatoms. The van der Waals surface area contributed by atoms with Crippen LogP contribution in [0.1, 0.15) is 13.3 Å². The zero-order valence-corrected chi connectivity index (χ0v) is 13.2. The fourth-order valence-electron chi connectivity index (χ4n) is 2.45. The van der Waals surface area contributed by atoms with E-state index in [-0.39, 0.29) is 5.82 Å². The minimum atomic E-state index is -0.203. The van der Waals surface area contributed by atoms with Crippen LogP contribution in [0.5, 0.6) is 0 Å². The number of nitrogens with two attached hydrogens (primary N) is 1. The molecular formula is C16H25FN4O. The molecule has 1 aromatic carbocycles. The lowest BCUT2D eigenvalue weighted by atomic mass is 10.2. The molecule has 0 radical (unpaired) electrons. The van der Waals surface area contributed by atoms with Gasteiger partial charge < -0.3 is 20.3 Å². The molecule has 0 aliphatic carbocycles. The zero-order chi connectivity index (χ0) is 15.8. The number of hydrogen-bond donors (Lipinski definition) is 1. The van der Waals surface area contributed by atoms with Crippen molar-refractivity contribution < 1.29 is 9.13 Å². The maximum atomic E-state index is 12.9. The van der Waals surface area contributed by atoms with Crippen LogP contribution in [0.2, 0.25) is 0 Å². The van der Waals surface area contributed by atoms with Crippen LogP contribution in [0, 0.1) is 5.82 Å². The lowest BCUT2D eigenvalue weighted by Crippen LogP contribution is -2.51. The maximum absolute atomic E-state index is 12.9. The van der Waals surface area contributed by atoms with Crippen molar-refractivity contribution in [1.29, 1.82) is 0 Å². The van der Waals surface area contributed by atoms with Crippen LogP contribution in [-0.2, 0) is 4.74 Å². The first-order valence-corrected chi connectivity index (χ1v) is 7.84. The molecule has 122 valence electrons. The highest BCUT2D eigenvalue weighted by molar-refractivity contribution is 5.78. The SMILES string of the molecule is CCOCCCN=C(N)N1CCN(c2ccc(F)cc2)CC1. The van der Waals surface area contributed by atoms with Crippen molar-refractivity contribution in [3.63, 3.8) is 0 Å². The van der Waals surface area contributed by atoms with Crippen molar-refractivity contribution in [2.45, 2.75) is 13.3 Å². The van der Waals surface area contributed by atoms with Gasteiger partial charge in [-0.15, -0.1) is 0 Å². The number of nitrogens with zero attached hydrogens (tertiary/aromatic N) is 3. The third-order valence-corrected chi connectivity index (χ3v) is 3.72. The molecule has 1 fully saturated rings. The van der Waals surface area contributed by atoms with Crippen LogP contribution in [0.3, 0.4) is 0 Å². The largest absolute Gasteiger partial charge is 0.382 e. The summed E-state index contributed by atoms with van der Waals surface area (Å²) in [5, 5.41) is 0. The first-order valence-electron chi connectivity index (χ1n) is 7.84. The van der Waals surface area contributed by atoms with Gasteiger partial charge in [-0.05, 0) is 37.6 Å². The number of halogens is 1. The van der Waals surface area contributed by atoms with Crippen LogP contribution in [0.4, 0.5) is 10.1 Å². The van der Waals surface area contributed by atoms with E-state index in [0.29, 0.717) is 12.5 Å². The van der Waals surface area contributed by atoms with Crippen molar-refractivity contribution >= 4 is 11.6 Å². The number of rotatable bonds is 6. The van der Waals surface area contributed by atoms with Crippen LogP contribution >= 0.6 is 0 Å². The van der Waals surface area contributed by atoms with E-state index in [4.69, 9.17) is 10.5 Å². The van der Waals surface area contributed by atoms with Crippen molar-refractivity contribution in [2.75, 3.05) is 50.8 Å². The minimum Gasteiger partial charge on any atom is -0.382 e. The van der Waals surface area contributed by atoms with Gasteiger partial charge in [0.1, 0.15) is 5.82 Å². The zero-order valence-electron chi connectivity index (χ0n) is 13.2. The smallest absolute Gasteiger partial charge is 0.191 e. The third kappa shape index (κ3) is 4.87. The van der Waals surface area contributed by atoms with E-state index in [1.807, 2.05) is 19.1 Å². The molecule has 0 amide bonds. The Labute approximate surface area is 131 Å². The number of piperazine rings is 1. The summed E-state index contributed by atoms with van der Waals surface area (Å²) in [4.78, 5) is 8.73. The van der Waals surface area contributed by atoms with Gasteiger partial charge >= 0.3 is 0 Å². The Hall–Kier alpha value is -1.82. The van der Waals surface area contributed by atoms with Crippen molar-refractivity contribution in [2.24, 2.45) is 10.7 Å². The average Bonchev–Trinajstić information content (AvgIpc) is 2.55. The molecule has 1 saturated heterocycles. The highest BCUT2D eigenvalue weighted by atomic mass is 19.1. The van der Waals surface area contributed by atoms with Gasteiger partial charge in [-0.25, -0.2) is 4.39 Å². The molecule has 0 bridgehead atoms. The van der Waals surface area contributed by atoms with Gasteiger partial charge in [0.2, 0.25) is 0 Å².